The molecule has 0 saturated carbocycles. The van der Waals surface area contributed by atoms with E-state index in [9.17, 15) is 9.18 Å². The molecule has 0 atom stereocenters. The summed E-state index contributed by atoms with van der Waals surface area (Å²) >= 11 is 0. The number of benzene rings is 1. The molecule has 6 nitrogen and oxygen atoms in total. The topological polar surface area (TPSA) is 63.1 Å². The first-order valence-electron chi connectivity index (χ1n) is 9.90. The molecule has 0 unspecified atom stereocenters. The average molecular weight is 393 g/mol. The molecule has 0 spiro atoms. The Bertz CT molecular complexity index is 951. The normalized spacial score (nSPS) is 14.9. The number of pyridine rings is 1. The number of hydrogen-bond acceptors (Lipinski definition) is 4. The van der Waals surface area contributed by atoms with Gasteiger partial charge in [-0.05, 0) is 61.7 Å². The molecule has 1 fully saturated rings. The lowest BCUT2D eigenvalue weighted by Crippen LogP contribution is -2.40. The number of aromatic nitrogens is 3. The number of nitrogens with zero attached hydrogens (tertiary/aromatic N) is 4. The number of carbonyl (C=O) groups is 1. The van der Waals surface area contributed by atoms with Gasteiger partial charge in [0.15, 0.2) is 5.82 Å². The molecule has 3 aromatic rings. The lowest BCUT2D eigenvalue weighted by Gasteiger charge is -2.32. The molecule has 1 N–H and O–H groups in total. The van der Waals surface area contributed by atoms with E-state index in [1.54, 1.807) is 23.0 Å². The molecule has 0 aliphatic carbocycles. The summed E-state index contributed by atoms with van der Waals surface area (Å²) in [5, 5.41) is 7.69. The summed E-state index contributed by atoms with van der Waals surface area (Å²) in [6.07, 6.45) is 5.49. The first-order valence-corrected chi connectivity index (χ1v) is 9.90. The molecule has 2 aromatic heterocycles. The van der Waals surface area contributed by atoms with E-state index in [4.69, 9.17) is 0 Å². The van der Waals surface area contributed by atoms with Crippen LogP contribution in [-0.4, -0.2) is 45.2 Å². The van der Waals surface area contributed by atoms with Gasteiger partial charge >= 0.3 is 0 Å². The van der Waals surface area contributed by atoms with Crippen LogP contribution >= 0.6 is 0 Å². The zero-order chi connectivity index (χ0) is 20.1. The fourth-order valence-corrected chi connectivity index (χ4v) is 3.65. The van der Waals surface area contributed by atoms with E-state index < -0.39 is 0 Å². The Morgan fingerprint density at radius 1 is 1.14 bits per heavy atom. The van der Waals surface area contributed by atoms with Crippen molar-refractivity contribution in [3.63, 3.8) is 0 Å². The van der Waals surface area contributed by atoms with E-state index in [-0.39, 0.29) is 11.7 Å². The highest BCUT2D eigenvalue weighted by molar-refractivity contribution is 5.94. The van der Waals surface area contributed by atoms with Crippen molar-refractivity contribution in [2.75, 3.05) is 19.6 Å². The van der Waals surface area contributed by atoms with Gasteiger partial charge < -0.3 is 10.2 Å². The highest BCUT2D eigenvalue weighted by atomic mass is 19.1. The van der Waals surface area contributed by atoms with Gasteiger partial charge in [-0.1, -0.05) is 12.1 Å². The molecule has 1 aliphatic heterocycles. The van der Waals surface area contributed by atoms with Crippen LogP contribution in [0, 0.1) is 11.7 Å². The van der Waals surface area contributed by atoms with Crippen LogP contribution in [0.1, 0.15) is 28.9 Å². The van der Waals surface area contributed by atoms with E-state index in [0.717, 1.165) is 30.9 Å². The second-order valence-corrected chi connectivity index (χ2v) is 7.31. The van der Waals surface area contributed by atoms with Crippen LogP contribution in [-0.2, 0) is 6.54 Å². The van der Waals surface area contributed by atoms with Crippen LogP contribution in [0.15, 0.2) is 60.9 Å². The maximum Gasteiger partial charge on any atom is 0.253 e. The van der Waals surface area contributed by atoms with Crippen LogP contribution in [0.5, 0.6) is 0 Å². The van der Waals surface area contributed by atoms with Crippen LogP contribution in [0.25, 0.3) is 5.82 Å². The standard InChI is InChI=1S/C22H24FN5O/c23-19-5-1-4-18(14-19)22(29)27-12-8-17(9-13-27)15-24-16-20-6-2-7-21(26-20)28-11-3-10-25-28/h1-7,10-11,14,17,24H,8-9,12-13,15-16H2. The first kappa shape index (κ1) is 19.3. The third-order valence-electron chi connectivity index (χ3n) is 5.24. The lowest BCUT2D eigenvalue weighted by molar-refractivity contribution is 0.0689. The van der Waals surface area contributed by atoms with Gasteiger partial charge in [-0.25, -0.2) is 14.1 Å². The van der Waals surface area contributed by atoms with Gasteiger partial charge in [-0.15, -0.1) is 0 Å². The van der Waals surface area contributed by atoms with Crippen molar-refractivity contribution in [3.05, 3.63) is 78.0 Å². The van der Waals surface area contributed by atoms with Gasteiger partial charge in [0.2, 0.25) is 0 Å². The zero-order valence-electron chi connectivity index (χ0n) is 16.2. The minimum absolute atomic E-state index is 0.0875. The highest BCUT2D eigenvalue weighted by Crippen LogP contribution is 2.19. The number of amides is 1. The van der Waals surface area contributed by atoms with E-state index in [2.05, 4.69) is 15.4 Å². The van der Waals surface area contributed by atoms with Crippen LogP contribution in [0.2, 0.25) is 0 Å². The van der Waals surface area contributed by atoms with E-state index >= 15 is 0 Å². The Morgan fingerprint density at radius 2 is 1.97 bits per heavy atom. The summed E-state index contributed by atoms with van der Waals surface area (Å²) in [6.45, 7) is 2.98. The van der Waals surface area contributed by atoms with Crippen molar-refractivity contribution in [2.45, 2.75) is 19.4 Å². The summed E-state index contributed by atoms with van der Waals surface area (Å²) in [5.41, 5.74) is 1.39. The van der Waals surface area contributed by atoms with Crippen molar-refractivity contribution in [1.82, 2.24) is 25.0 Å². The number of rotatable bonds is 6. The quantitative estimate of drug-likeness (QED) is 0.699. The Hall–Kier alpha value is -3.06. The van der Waals surface area contributed by atoms with Gasteiger partial charge in [0.05, 0.1) is 5.69 Å². The van der Waals surface area contributed by atoms with Crippen LogP contribution in [0.3, 0.4) is 0 Å². The average Bonchev–Trinajstić information content (AvgIpc) is 3.29. The molecular weight excluding hydrogens is 369 g/mol. The Balaban J connectivity index is 1.23. The number of halogens is 1. The van der Waals surface area contributed by atoms with Crippen LogP contribution in [0.4, 0.5) is 4.39 Å². The Labute approximate surface area is 169 Å². The molecule has 1 saturated heterocycles. The van der Waals surface area contributed by atoms with Crippen LogP contribution < -0.4 is 5.32 Å². The lowest BCUT2D eigenvalue weighted by atomic mass is 9.96. The SMILES string of the molecule is O=C(c1cccc(F)c1)N1CCC(CNCc2cccc(-n3cccn3)n2)CC1. The summed E-state index contributed by atoms with van der Waals surface area (Å²) < 4.78 is 15.1. The van der Waals surface area contributed by atoms with Crippen molar-refractivity contribution in [2.24, 2.45) is 5.92 Å². The molecule has 0 radical (unpaired) electrons. The van der Waals surface area contributed by atoms with Crippen molar-refractivity contribution < 1.29 is 9.18 Å². The molecule has 1 aromatic carbocycles. The molecular formula is C22H24FN5O. The zero-order valence-corrected chi connectivity index (χ0v) is 16.2. The molecule has 150 valence electrons. The monoisotopic (exact) mass is 393 g/mol. The molecule has 29 heavy (non-hydrogen) atoms. The molecule has 3 heterocycles. The van der Waals surface area contributed by atoms with Gasteiger partial charge in [-0.3, -0.25) is 4.79 Å². The highest BCUT2D eigenvalue weighted by Gasteiger charge is 2.23. The molecule has 0 bridgehead atoms. The number of hydrogen-bond donors (Lipinski definition) is 1. The van der Waals surface area contributed by atoms with E-state index in [0.29, 0.717) is 31.1 Å². The van der Waals surface area contributed by atoms with E-state index in [1.165, 1.54) is 12.1 Å². The minimum Gasteiger partial charge on any atom is -0.339 e. The summed E-state index contributed by atoms with van der Waals surface area (Å²) in [5.74, 6) is 0.857. The summed E-state index contributed by atoms with van der Waals surface area (Å²) in [7, 11) is 0. The first-order chi connectivity index (χ1) is 14.2. The summed E-state index contributed by atoms with van der Waals surface area (Å²) in [4.78, 5) is 19.0. The third kappa shape index (κ3) is 4.86. The third-order valence-corrected chi connectivity index (χ3v) is 5.24. The fraction of sp³-hybridized carbons (Fsp3) is 0.318. The largest absolute Gasteiger partial charge is 0.339 e. The Morgan fingerprint density at radius 3 is 2.72 bits per heavy atom. The number of nitrogens with one attached hydrogen (secondary N) is 1. The predicted octanol–water partition coefficient (Wildman–Crippen LogP) is 3.05. The maximum atomic E-state index is 13.4. The molecule has 7 heteroatoms. The summed E-state index contributed by atoms with van der Waals surface area (Å²) in [6, 6.07) is 13.7. The minimum atomic E-state index is -0.375. The number of carbonyl (C=O) groups excluding carboxylic acids is 1. The van der Waals surface area contributed by atoms with Gasteiger partial charge in [0.1, 0.15) is 5.82 Å². The van der Waals surface area contributed by atoms with Gasteiger partial charge in [0.25, 0.3) is 5.91 Å². The van der Waals surface area contributed by atoms with Crippen molar-refractivity contribution >= 4 is 5.91 Å². The second kappa shape index (κ2) is 8.96. The second-order valence-electron chi connectivity index (χ2n) is 7.31. The smallest absolute Gasteiger partial charge is 0.253 e. The van der Waals surface area contributed by atoms with E-state index in [1.807, 2.05) is 35.4 Å². The number of piperidine rings is 1. The Kier molecular flexibility index (Phi) is 5.95. The van der Waals surface area contributed by atoms with Gasteiger partial charge in [0, 0.05) is 37.6 Å². The predicted molar refractivity (Wildman–Crippen MR) is 108 cm³/mol. The number of likely N-dealkylation sites (tertiary alicyclic amines) is 1. The maximum absolute atomic E-state index is 13.4. The van der Waals surface area contributed by atoms with Crippen molar-refractivity contribution in [3.8, 4) is 5.82 Å². The molecule has 1 amide bonds. The van der Waals surface area contributed by atoms with Crippen molar-refractivity contribution in [1.29, 1.82) is 0 Å². The molecule has 4 rings (SSSR count). The molecule has 1 aliphatic rings. The van der Waals surface area contributed by atoms with Gasteiger partial charge in [-0.2, -0.15) is 5.10 Å². The fourth-order valence-electron chi connectivity index (χ4n) is 3.65.